The third-order valence-electron chi connectivity index (χ3n) is 2.46. The van der Waals surface area contributed by atoms with Crippen LogP contribution in [-0.2, 0) is 6.42 Å². The lowest BCUT2D eigenvalue weighted by atomic mass is 10.1. The summed E-state index contributed by atoms with van der Waals surface area (Å²) in [5, 5.41) is 7.02. The van der Waals surface area contributed by atoms with Gasteiger partial charge in [0.2, 0.25) is 0 Å². The Balaban J connectivity index is 2.34. The van der Waals surface area contributed by atoms with Crippen molar-refractivity contribution in [2.24, 2.45) is 0 Å². The first-order chi connectivity index (χ1) is 8.11. The van der Waals surface area contributed by atoms with Gasteiger partial charge in [0, 0.05) is 18.8 Å². The van der Waals surface area contributed by atoms with E-state index in [4.69, 9.17) is 12.2 Å². The predicted molar refractivity (Wildman–Crippen MR) is 78.6 cm³/mol. The van der Waals surface area contributed by atoms with Gasteiger partial charge in [-0.15, -0.1) is 0 Å². The Labute approximate surface area is 109 Å². The number of nitrogens with one attached hydrogen (secondary N) is 2. The van der Waals surface area contributed by atoms with Crippen molar-refractivity contribution in [1.82, 2.24) is 10.2 Å². The van der Waals surface area contributed by atoms with Crippen molar-refractivity contribution in [1.29, 1.82) is 0 Å². The van der Waals surface area contributed by atoms with E-state index in [0.29, 0.717) is 5.11 Å². The van der Waals surface area contributed by atoms with Gasteiger partial charge in [0.1, 0.15) is 0 Å². The molecule has 1 aromatic rings. The van der Waals surface area contributed by atoms with E-state index in [0.717, 1.165) is 25.2 Å². The number of rotatable bonds is 5. The summed E-state index contributed by atoms with van der Waals surface area (Å²) in [6.45, 7) is 3.97. The van der Waals surface area contributed by atoms with Crippen LogP contribution in [-0.4, -0.2) is 37.2 Å². The fourth-order valence-electron chi connectivity index (χ4n) is 1.39. The zero-order valence-corrected chi connectivity index (χ0v) is 11.6. The Morgan fingerprint density at radius 2 is 1.88 bits per heavy atom. The molecule has 1 aromatic carbocycles. The number of hydrogen-bond donors (Lipinski definition) is 2. The first-order valence-electron chi connectivity index (χ1n) is 5.90. The van der Waals surface area contributed by atoms with Crippen LogP contribution in [0.25, 0.3) is 0 Å². The maximum atomic E-state index is 5.21. The highest BCUT2D eigenvalue weighted by Gasteiger charge is 1.97. The van der Waals surface area contributed by atoms with E-state index in [2.05, 4.69) is 46.7 Å². The molecular weight excluding hydrogens is 230 g/mol. The number of nitrogens with zero attached hydrogens (tertiary/aromatic N) is 1. The minimum atomic E-state index is 0.677. The molecule has 0 aliphatic rings. The molecule has 0 aliphatic heterocycles. The second-order valence-electron chi connectivity index (χ2n) is 4.23. The molecule has 0 unspecified atom stereocenters. The lowest BCUT2D eigenvalue weighted by Crippen LogP contribution is -2.34. The Bertz CT molecular complexity index is 346. The van der Waals surface area contributed by atoms with Crippen LogP contribution in [0.3, 0.4) is 0 Å². The van der Waals surface area contributed by atoms with Gasteiger partial charge in [-0.1, -0.05) is 19.1 Å². The molecule has 0 saturated carbocycles. The van der Waals surface area contributed by atoms with Gasteiger partial charge in [-0.3, -0.25) is 0 Å². The van der Waals surface area contributed by atoms with Gasteiger partial charge in [0.15, 0.2) is 5.11 Å². The van der Waals surface area contributed by atoms with Gasteiger partial charge < -0.3 is 15.5 Å². The second kappa shape index (κ2) is 7.25. The third kappa shape index (κ3) is 5.65. The minimum Gasteiger partial charge on any atom is -0.361 e. The third-order valence-corrected chi connectivity index (χ3v) is 2.71. The summed E-state index contributed by atoms with van der Waals surface area (Å²) in [4.78, 5) is 2.12. The Kier molecular flexibility index (Phi) is 5.94. The zero-order valence-electron chi connectivity index (χ0n) is 10.8. The molecule has 94 valence electrons. The van der Waals surface area contributed by atoms with Crippen LogP contribution in [0.5, 0.6) is 0 Å². The smallest absolute Gasteiger partial charge is 0.170 e. The molecule has 0 aliphatic carbocycles. The molecule has 4 heteroatoms. The van der Waals surface area contributed by atoms with Gasteiger partial charge in [0.05, 0.1) is 0 Å². The van der Waals surface area contributed by atoms with Crippen LogP contribution in [0.15, 0.2) is 24.3 Å². The standard InChI is InChI=1S/C13H21N3S/c1-4-11-5-7-12(8-6-11)15-13(17)14-9-10-16(2)3/h5-8H,4,9-10H2,1-3H3,(H2,14,15,17). The lowest BCUT2D eigenvalue weighted by molar-refractivity contribution is 0.413. The van der Waals surface area contributed by atoms with E-state index in [-0.39, 0.29) is 0 Å². The topological polar surface area (TPSA) is 27.3 Å². The molecule has 0 atom stereocenters. The lowest BCUT2D eigenvalue weighted by Gasteiger charge is -2.13. The number of aryl methyl sites for hydroxylation is 1. The van der Waals surface area contributed by atoms with Crippen LogP contribution < -0.4 is 10.6 Å². The summed E-state index contributed by atoms with van der Waals surface area (Å²) in [7, 11) is 4.09. The summed E-state index contributed by atoms with van der Waals surface area (Å²) in [6, 6.07) is 8.34. The van der Waals surface area contributed by atoms with E-state index >= 15 is 0 Å². The summed E-state index contributed by atoms with van der Waals surface area (Å²) in [5.74, 6) is 0. The SMILES string of the molecule is CCc1ccc(NC(=S)NCCN(C)C)cc1. The van der Waals surface area contributed by atoms with Crippen molar-refractivity contribution in [3.8, 4) is 0 Å². The van der Waals surface area contributed by atoms with Crippen molar-refractivity contribution < 1.29 is 0 Å². The maximum absolute atomic E-state index is 5.21. The fourth-order valence-corrected chi connectivity index (χ4v) is 1.61. The molecule has 0 fully saturated rings. The maximum Gasteiger partial charge on any atom is 0.170 e. The van der Waals surface area contributed by atoms with E-state index in [1.165, 1.54) is 5.56 Å². The van der Waals surface area contributed by atoms with Gasteiger partial charge >= 0.3 is 0 Å². The van der Waals surface area contributed by atoms with E-state index in [1.54, 1.807) is 0 Å². The van der Waals surface area contributed by atoms with Crippen LogP contribution in [0, 0.1) is 0 Å². The number of thiocarbonyl (C=S) groups is 1. The normalized spacial score (nSPS) is 10.4. The van der Waals surface area contributed by atoms with E-state index < -0.39 is 0 Å². The average Bonchev–Trinajstić information content (AvgIpc) is 2.29. The average molecular weight is 251 g/mol. The van der Waals surface area contributed by atoms with E-state index in [9.17, 15) is 0 Å². The Morgan fingerprint density at radius 1 is 1.24 bits per heavy atom. The van der Waals surface area contributed by atoms with Crippen LogP contribution >= 0.6 is 12.2 Å². The number of hydrogen-bond acceptors (Lipinski definition) is 2. The molecule has 1 rings (SSSR count). The van der Waals surface area contributed by atoms with Crippen LogP contribution in [0.1, 0.15) is 12.5 Å². The molecule has 0 aromatic heterocycles. The molecule has 17 heavy (non-hydrogen) atoms. The van der Waals surface area contributed by atoms with Gasteiger partial charge in [-0.25, -0.2) is 0 Å². The minimum absolute atomic E-state index is 0.677. The molecule has 0 bridgehead atoms. The molecule has 0 amide bonds. The van der Waals surface area contributed by atoms with Gasteiger partial charge in [-0.2, -0.15) is 0 Å². The summed E-state index contributed by atoms with van der Waals surface area (Å²) >= 11 is 5.21. The summed E-state index contributed by atoms with van der Waals surface area (Å²) in [5.41, 5.74) is 2.37. The Hall–Kier alpha value is -1.13. The molecule has 0 radical (unpaired) electrons. The zero-order chi connectivity index (χ0) is 12.7. The number of benzene rings is 1. The highest BCUT2D eigenvalue weighted by atomic mass is 32.1. The van der Waals surface area contributed by atoms with Gasteiger partial charge in [0.25, 0.3) is 0 Å². The Morgan fingerprint density at radius 3 is 2.41 bits per heavy atom. The first kappa shape index (κ1) is 13.9. The number of anilines is 1. The largest absolute Gasteiger partial charge is 0.361 e. The van der Waals surface area contributed by atoms with Crippen molar-refractivity contribution in [3.63, 3.8) is 0 Å². The van der Waals surface area contributed by atoms with Crippen molar-refractivity contribution in [3.05, 3.63) is 29.8 Å². The molecular formula is C13H21N3S. The van der Waals surface area contributed by atoms with Gasteiger partial charge in [-0.05, 0) is 50.4 Å². The summed E-state index contributed by atoms with van der Waals surface area (Å²) in [6.07, 6.45) is 1.06. The molecule has 0 saturated heterocycles. The van der Waals surface area contributed by atoms with E-state index in [1.807, 2.05) is 14.1 Å². The monoisotopic (exact) mass is 251 g/mol. The first-order valence-corrected chi connectivity index (χ1v) is 6.31. The van der Waals surface area contributed by atoms with Crippen LogP contribution in [0.4, 0.5) is 5.69 Å². The quantitative estimate of drug-likeness (QED) is 0.784. The molecule has 0 spiro atoms. The van der Waals surface area contributed by atoms with Crippen molar-refractivity contribution in [2.75, 3.05) is 32.5 Å². The predicted octanol–water partition coefficient (Wildman–Crippen LogP) is 2.10. The molecule has 2 N–H and O–H groups in total. The summed E-state index contributed by atoms with van der Waals surface area (Å²) < 4.78 is 0. The number of likely N-dealkylation sites (N-methyl/N-ethyl adjacent to an activating group) is 1. The van der Waals surface area contributed by atoms with Crippen molar-refractivity contribution in [2.45, 2.75) is 13.3 Å². The molecule has 3 nitrogen and oxygen atoms in total. The highest BCUT2D eigenvalue weighted by Crippen LogP contribution is 2.09. The highest BCUT2D eigenvalue weighted by molar-refractivity contribution is 7.80. The fraction of sp³-hybridized carbons (Fsp3) is 0.462. The molecule has 0 heterocycles. The van der Waals surface area contributed by atoms with Crippen LogP contribution in [0.2, 0.25) is 0 Å². The van der Waals surface area contributed by atoms with Crippen molar-refractivity contribution >= 4 is 23.0 Å². The second-order valence-corrected chi connectivity index (χ2v) is 4.64.